The van der Waals surface area contributed by atoms with E-state index >= 15 is 0 Å². The monoisotopic (exact) mass is 364 g/mol. The molecule has 2 N–H and O–H groups in total. The zero-order valence-corrected chi connectivity index (χ0v) is 15.2. The summed E-state index contributed by atoms with van der Waals surface area (Å²) >= 11 is 1.40. The van der Waals surface area contributed by atoms with Crippen LogP contribution in [-0.4, -0.2) is 43.4 Å². The van der Waals surface area contributed by atoms with Crippen molar-refractivity contribution in [3.05, 3.63) is 0 Å². The van der Waals surface area contributed by atoms with E-state index in [-0.39, 0.29) is 23.9 Å². The minimum absolute atomic E-state index is 0.0713. The van der Waals surface area contributed by atoms with E-state index in [1.807, 2.05) is 0 Å². The number of thioether (sulfide) groups is 1. The van der Waals surface area contributed by atoms with E-state index < -0.39 is 0 Å². The molecule has 0 aromatic carbocycles. The molecule has 9 heteroatoms. The first-order valence-electron chi connectivity index (χ1n) is 8.98. The SMILES string of the molecule is Cn1nnnc1SCCC(=O)NC(=O)NC12CC3CC(CC(C3)C1)C2. The quantitative estimate of drug-likeness (QED) is 0.768. The van der Waals surface area contributed by atoms with Gasteiger partial charge in [-0.2, -0.15) is 0 Å². The van der Waals surface area contributed by atoms with Crippen LogP contribution in [0.25, 0.3) is 0 Å². The molecule has 0 unspecified atom stereocenters. The van der Waals surface area contributed by atoms with Crippen molar-refractivity contribution < 1.29 is 9.59 Å². The standard InChI is InChI=1S/C16H24N6O2S/c1-22-15(19-20-21-22)25-3-2-13(23)17-14(24)18-16-7-10-4-11(8-16)6-12(5-10)9-16/h10-12H,2-9H2,1H3,(H2,17,18,23,24). The topological polar surface area (TPSA) is 102 Å². The van der Waals surface area contributed by atoms with E-state index in [0.717, 1.165) is 37.0 Å². The average Bonchev–Trinajstić information content (AvgIpc) is 2.90. The van der Waals surface area contributed by atoms with Gasteiger partial charge in [0.15, 0.2) is 0 Å². The summed E-state index contributed by atoms with van der Waals surface area (Å²) in [7, 11) is 1.75. The van der Waals surface area contributed by atoms with Crippen LogP contribution < -0.4 is 10.6 Å². The van der Waals surface area contributed by atoms with Gasteiger partial charge in [0.1, 0.15) is 0 Å². The highest BCUT2D eigenvalue weighted by Crippen LogP contribution is 2.55. The second-order valence-electron chi connectivity index (χ2n) is 7.88. The molecule has 8 nitrogen and oxygen atoms in total. The highest BCUT2D eigenvalue weighted by Gasteiger charge is 2.51. The van der Waals surface area contributed by atoms with E-state index in [4.69, 9.17) is 0 Å². The van der Waals surface area contributed by atoms with Gasteiger partial charge < -0.3 is 5.32 Å². The van der Waals surface area contributed by atoms with Gasteiger partial charge in [0, 0.05) is 24.8 Å². The van der Waals surface area contributed by atoms with Crippen LogP contribution in [0.5, 0.6) is 0 Å². The van der Waals surface area contributed by atoms with Gasteiger partial charge in [-0.05, 0) is 66.7 Å². The number of tetrazole rings is 1. The van der Waals surface area contributed by atoms with Crippen molar-refractivity contribution in [2.45, 2.75) is 55.6 Å². The Morgan fingerprint density at radius 1 is 1.20 bits per heavy atom. The van der Waals surface area contributed by atoms with Crippen LogP contribution in [0.3, 0.4) is 0 Å². The normalized spacial score (nSPS) is 32.6. The van der Waals surface area contributed by atoms with Crippen molar-refractivity contribution in [2.75, 3.05) is 5.75 Å². The molecule has 0 radical (unpaired) electrons. The maximum atomic E-state index is 12.3. The lowest BCUT2D eigenvalue weighted by molar-refractivity contribution is -0.119. The van der Waals surface area contributed by atoms with Gasteiger partial charge in [-0.1, -0.05) is 11.8 Å². The summed E-state index contributed by atoms with van der Waals surface area (Å²) in [6.45, 7) is 0. The van der Waals surface area contributed by atoms with Crippen LogP contribution in [0.2, 0.25) is 0 Å². The van der Waals surface area contributed by atoms with Crippen LogP contribution in [-0.2, 0) is 11.8 Å². The lowest BCUT2D eigenvalue weighted by Crippen LogP contribution is -2.61. The Balaban J connectivity index is 1.23. The number of rotatable bonds is 5. The number of aromatic nitrogens is 4. The van der Waals surface area contributed by atoms with Crippen LogP contribution in [0.1, 0.15) is 44.9 Å². The van der Waals surface area contributed by atoms with Crippen LogP contribution in [0.15, 0.2) is 5.16 Å². The summed E-state index contributed by atoms with van der Waals surface area (Å²) in [4.78, 5) is 24.3. The van der Waals surface area contributed by atoms with Gasteiger partial charge in [0.2, 0.25) is 11.1 Å². The maximum absolute atomic E-state index is 12.3. The van der Waals surface area contributed by atoms with Gasteiger partial charge in [-0.15, -0.1) is 5.10 Å². The first-order chi connectivity index (χ1) is 12.0. The smallest absolute Gasteiger partial charge is 0.321 e. The Morgan fingerprint density at radius 2 is 1.84 bits per heavy atom. The maximum Gasteiger partial charge on any atom is 0.321 e. The summed E-state index contributed by atoms with van der Waals surface area (Å²) in [6.07, 6.45) is 7.48. The first kappa shape index (κ1) is 16.8. The molecule has 1 heterocycles. The Bertz CT molecular complexity index is 640. The second kappa shape index (κ2) is 6.59. The van der Waals surface area contributed by atoms with Crippen LogP contribution >= 0.6 is 11.8 Å². The number of hydrogen-bond donors (Lipinski definition) is 2. The number of carbonyl (C=O) groups is 2. The third kappa shape index (κ3) is 3.65. The second-order valence-corrected chi connectivity index (χ2v) is 8.95. The van der Waals surface area contributed by atoms with E-state index in [1.165, 1.54) is 31.0 Å². The molecule has 0 spiro atoms. The number of amides is 3. The number of nitrogens with zero attached hydrogens (tertiary/aromatic N) is 4. The molecule has 1 aromatic heterocycles. The molecule has 136 valence electrons. The van der Waals surface area contributed by atoms with Crippen molar-refractivity contribution in [3.63, 3.8) is 0 Å². The molecule has 4 aliphatic carbocycles. The lowest BCUT2D eigenvalue weighted by Gasteiger charge is -2.56. The summed E-state index contributed by atoms with van der Waals surface area (Å²) in [5.41, 5.74) is -0.0713. The zero-order valence-electron chi connectivity index (χ0n) is 14.4. The number of aryl methyl sites for hydroxylation is 1. The molecule has 0 saturated heterocycles. The van der Waals surface area contributed by atoms with Crippen molar-refractivity contribution in [2.24, 2.45) is 24.8 Å². The number of imide groups is 1. The molecule has 4 aliphatic rings. The third-order valence-electron chi connectivity index (χ3n) is 5.81. The lowest BCUT2D eigenvalue weighted by atomic mass is 9.53. The highest BCUT2D eigenvalue weighted by molar-refractivity contribution is 7.99. The van der Waals surface area contributed by atoms with Crippen molar-refractivity contribution >= 4 is 23.7 Å². The van der Waals surface area contributed by atoms with Crippen molar-refractivity contribution in [1.29, 1.82) is 0 Å². The fourth-order valence-corrected chi connectivity index (χ4v) is 6.09. The Hall–Kier alpha value is -1.64. The molecule has 3 amide bonds. The van der Waals surface area contributed by atoms with Crippen molar-refractivity contribution in [1.82, 2.24) is 30.8 Å². The van der Waals surface area contributed by atoms with Gasteiger partial charge in [-0.3, -0.25) is 10.1 Å². The predicted octanol–water partition coefficient (Wildman–Crippen LogP) is 1.49. The van der Waals surface area contributed by atoms with Gasteiger partial charge in [0.25, 0.3) is 0 Å². The van der Waals surface area contributed by atoms with Gasteiger partial charge in [-0.25, -0.2) is 9.48 Å². The fourth-order valence-electron chi connectivity index (χ4n) is 5.30. The average molecular weight is 364 g/mol. The minimum Gasteiger partial charge on any atom is -0.332 e. The largest absolute Gasteiger partial charge is 0.332 e. The molecule has 25 heavy (non-hydrogen) atoms. The molecular formula is C16H24N6O2S. The molecule has 4 fully saturated rings. The van der Waals surface area contributed by atoms with Gasteiger partial charge >= 0.3 is 6.03 Å². The zero-order chi connectivity index (χ0) is 17.4. The molecule has 4 bridgehead atoms. The van der Waals surface area contributed by atoms with E-state index in [1.54, 1.807) is 11.7 Å². The highest BCUT2D eigenvalue weighted by atomic mass is 32.2. The molecule has 5 rings (SSSR count). The predicted molar refractivity (Wildman–Crippen MR) is 91.7 cm³/mol. The minimum atomic E-state index is -0.336. The Morgan fingerprint density at radius 3 is 2.40 bits per heavy atom. The Labute approximate surface area is 150 Å². The number of hydrogen-bond acceptors (Lipinski definition) is 6. The molecule has 4 saturated carbocycles. The van der Waals surface area contributed by atoms with Crippen molar-refractivity contribution in [3.8, 4) is 0 Å². The summed E-state index contributed by atoms with van der Waals surface area (Å²) < 4.78 is 1.56. The van der Waals surface area contributed by atoms with Crippen LogP contribution in [0, 0.1) is 17.8 Å². The first-order valence-corrected chi connectivity index (χ1v) is 9.97. The fraction of sp³-hybridized carbons (Fsp3) is 0.812. The third-order valence-corrected chi connectivity index (χ3v) is 6.82. The summed E-state index contributed by atoms with van der Waals surface area (Å²) in [5, 5.41) is 17.4. The Kier molecular flexibility index (Phi) is 4.43. The molecular weight excluding hydrogens is 340 g/mol. The van der Waals surface area contributed by atoms with E-state index in [2.05, 4.69) is 26.2 Å². The number of nitrogens with one attached hydrogen (secondary N) is 2. The molecule has 0 atom stereocenters. The number of carbonyl (C=O) groups excluding carboxylic acids is 2. The van der Waals surface area contributed by atoms with E-state index in [9.17, 15) is 9.59 Å². The summed E-state index contributed by atoms with van der Waals surface area (Å²) in [6, 6.07) is -0.336. The van der Waals surface area contributed by atoms with E-state index in [0.29, 0.717) is 10.9 Å². The van der Waals surface area contributed by atoms with Crippen LogP contribution in [0.4, 0.5) is 4.79 Å². The van der Waals surface area contributed by atoms with Gasteiger partial charge in [0.05, 0.1) is 0 Å². The summed E-state index contributed by atoms with van der Waals surface area (Å²) in [5.74, 6) is 2.56. The molecule has 1 aromatic rings. The molecule has 0 aliphatic heterocycles. The number of urea groups is 1.